The van der Waals surface area contributed by atoms with Gasteiger partial charge in [-0.2, -0.15) is 0 Å². The summed E-state index contributed by atoms with van der Waals surface area (Å²) in [6, 6.07) is 0.0144. The van der Waals surface area contributed by atoms with Gasteiger partial charge in [-0.3, -0.25) is 0 Å². The fraction of sp³-hybridized carbons (Fsp3) is 0.889. The van der Waals surface area contributed by atoms with Crippen molar-refractivity contribution in [3.63, 3.8) is 0 Å². The molecule has 2 rings (SSSR count). The Morgan fingerprint density at radius 3 is 2.31 bits per heavy atom. The van der Waals surface area contributed by atoms with Gasteiger partial charge in [0.15, 0.2) is 0 Å². The maximum atomic E-state index is 11.1. The second kappa shape index (κ2) is 2.61. The lowest BCUT2D eigenvalue weighted by Crippen LogP contribution is -2.53. The Balaban J connectivity index is 2.18. The molecule has 74 valence electrons. The maximum absolute atomic E-state index is 11.1. The van der Waals surface area contributed by atoms with Gasteiger partial charge in [-0.1, -0.05) is 0 Å². The van der Waals surface area contributed by atoms with Crippen molar-refractivity contribution in [2.45, 2.75) is 50.3 Å². The van der Waals surface area contributed by atoms with Gasteiger partial charge in [0.25, 0.3) is 0 Å². The van der Waals surface area contributed by atoms with E-state index >= 15 is 0 Å². The predicted molar refractivity (Wildman–Crippen MR) is 48.1 cm³/mol. The molecule has 2 atom stereocenters. The van der Waals surface area contributed by atoms with Gasteiger partial charge in [-0.05, 0) is 32.6 Å². The van der Waals surface area contributed by atoms with Crippen LogP contribution in [0.25, 0.3) is 0 Å². The molecule has 2 heterocycles. The van der Waals surface area contributed by atoms with Crippen LogP contribution < -0.4 is 5.73 Å². The van der Waals surface area contributed by atoms with Gasteiger partial charge >= 0.3 is 6.03 Å². The second-order valence-corrected chi connectivity index (χ2v) is 4.54. The van der Waals surface area contributed by atoms with Crippen molar-refractivity contribution in [2.75, 3.05) is 0 Å². The summed E-state index contributed by atoms with van der Waals surface area (Å²) < 4.78 is 0. The molecular weight excluding hydrogens is 168 g/mol. The standard InChI is InChI=1S/C9H16N2O2/c1-9(13)4-6-2-3-7(5-9)11(6)8(10)12/h6-7,13H,2-5H2,1H3,(H2,10,12). The summed E-state index contributed by atoms with van der Waals surface area (Å²) in [5.41, 5.74) is 4.68. The third kappa shape index (κ3) is 1.39. The number of aliphatic hydroxyl groups is 1. The molecule has 0 spiro atoms. The van der Waals surface area contributed by atoms with Crippen LogP contribution >= 0.6 is 0 Å². The van der Waals surface area contributed by atoms with E-state index in [1.165, 1.54) is 0 Å². The van der Waals surface area contributed by atoms with E-state index < -0.39 is 5.60 Å². The Morgan fingerprint density at radius 2 is 1.92 bits per heavy atom. The van der Waals surface area contributed by atoms with Gasteiger partial charge in [-0.15, -0.1) is 0 Å². The van der Waals surface area contributed by atoms with Crippen molar-refractivity contribution in [1.29, 1.82) is 0 Å². The van der Waals surface area contributed by atoms with E-state index in [-0.39, 0.29) is 18.1 Å². The first-order valence-electron chi connectivity index (χ1n) is 4.80. The fourth-order valence-corrected chi connectivity index (χ4v) is 2.82. The van der Waals surface area contributed by atoms with E-state index in [4.69, 9.17) is 5.73 Å². The molecule has 0 saturated carbocycles. The number of piperidine rings is 1. The van der Waals surface area contributed by atoms with Crippen LogP contribution in [0.4, 0.5) is 4.79 Å². The largest absolute Gasteiger partial charge is 0.390 e. The smallest absolute Gasteiger partial charge is 0.315 e. The lowest BCUT2D eigenvalue weighted by Gasteiger charge is -2.41. The van der Waals surface area contributed by atoms with E-state index in [0.29, 0.717) is 12.8 Å². The minimum absolute atomic E-state index is 0.172. The molecule has 3 N–H and O–H groups in total. The summed E-state index contributed by atoms with van der Waals surface area (Å²) in [6.07, 6.45) is 3.33. The SMILES string of the molecule is CC1(O)CC2CCC(C1)N2C(N)=O. The molecule has 13 heavy (non-hydrogen) atoms. The molecule has 0 aliphatic carbocycles. The Kier molecular flexibility index (Phi) is 1.77. The summed E-state index contributed by atoms with van der Waals surface area (Å²) in [5, 5.41) is 9.88. The van der Waals surface area contributed by atoms with Crippen LogP contribution in [0.5, 0.6) is 0 Å². The average molecular weight is 184 g/mol. The minimum Gasteiger partial charge on any atom is -0.390 e. The lowest BCUT2D eigenvalue weighted by atomic mass is 9.88. The third-order valence-corrected chi connectivity index (χ3v) is 3.23. The molecule has 2 aliphatic heterocycles. The average Bonchev–Trinajstić information content (AvgIpc) is 2.23. The van der Waals surface area contributed by atoms with E-state index in [1.807, 2.05) is 6.92 Å². The highest BCUT2D eigenvalue weighted by Gasteiger charge is 2.46. The number of nitrogens with two attached hydrogens (primary N) is 1. The highest BCUT2D eigenvalue weighted by atomic mass is 16.3. The first kappa shape index (κ1) is 8.81. The van der Waals surface area contributed by atoms with E-state index in [2.05, 4.69) is 0 Å². The van der Waals surface area contributed by atoms with E-state index in [9.17, 15) is 9.90 Å². The molecule has 0 aromatic carbocycles. The number of urea groups is 1. The topological polar surface area (TPSA) is 66.6 Å². The van der Waals surface area contributed by atoms with Crippen molar-refractivity contribution >= 4 is 6.03 Å². The van der Waals surface area contributed by atoms with Gasteiger partial charge < -0.3 is 15.7 Å². The van der Waals surface area contributed by atoms with E-state index in [1.54, 1.807) is 4.90 Å². The Labute approximate surface area is 77.7 Å². The molecule has 2 saturated heterocycles. The number of nitrogens with zero attached hydrogens (tertiary/aromatic N) is 1. The van der Waals surface area contributed by atoms with Crippen molar-refractivity contribution < 1.29 is 9.90 Å². The summed E-state index contributed by atoms with van der Waals surface area (Å²) in [4.78, 5) is 12.8. The van der Waals surface area contributed by atoms with Crippen LogP contribution in [0.3, 0.4) is 0 Å². The number of primary amides is 1. The number of carbonyl (C=O) groups is 1. The molecule has 0 aromatic heterocycles. The quantitative estimate of drug-likeness (QED) is 0.573. The van der Waals surface area contributed by atoms with Crippen molar-refractivity contribution in [3.8, 4) is 0 Å². The summed E-state index contributed by atoms with van der Waals surface area (Å²) in [6.45, 7) is 1.84. The number of hydrogen-bond acceptors (Lipinski definition) is 2. The molecular formula is C9H16N2O2. The molecule has 4 nitrogen and oxygen atoms in total. The Bertz CT molecular complexity index is 224. The van der Waals surface area contributed by atoms with Gasteiger partial charge in [-0.25, -0.2) is 4.79 Å². The van der Waals surface area contributed by atoms with Crippen LogP contribution in [0.1, 0.15) is 32.6 Å². The number of hydrogen-bond donors (Lipinski definition) is 2. The van der Waals surface area contributed by atoms with Gasteiger partial charge in [0.05, 0.1) is 5.60 Å². The molecule has 0 radical (unpaired) electrons. The monoisotopic (exact) mass is 184 g/mol. The zero-order valence-electron chi connectivity index (χ0n) is 7.86. The van der Waals surface area contributed by atoms with Gasteiger partial charge in [0.2, 0.25) is 0 Å². The van der Waals surface area contributed by atoms with E-state index in [0.717, 1.165) is 12.8 Å². The number of rotatable bonds is 0. The summed E-state index contributed by atoms with van der Waals surface area (Å²) >= 11 is 0. The molecule has 2 aliphatic rings. The Morgan fingerprint density at radius 1 is 1.46 bits per heavy atom. The first-order valence-corrected chi connectivity index (χ1v) is 4.80. The third-order valence-electron chi connectivity index (χ3n) is 3.23. The molecule has 2 fully saturated rings. The second-order valence-electron chi connectivity index (χ2n) is 4.54. The van der Waals surface area contributed by atoms with Crippen molar-refractivity contribution in [3.05, 3.63) is 0 Å². The van der Waals surface area contributed by atoms with Crippen molar-refractivity contribution in [1.82, 2.24) is 4.90 Å². The minimum atomic E-state index is -0.599. The molecule has 4 heteroatoms. The highest BCUT2D eigenvalue weighted by molar-refractivity contribution is 5.73. The van der Waals surface area contributed by atoms with Crippen LogP contribution in [-0.2, 0) is 0 Å². The predicted octanol–water partition coefficient (Wildman–Crippen LogP) is 0.443. The normalized spacial score (nSPS) is 43.7. The first-order chi connectivity index (χ1) is 5.99. The zero-order chi connectivity index (χ0) is 9.64. The number of carbonyl (C=O) groups excluding carboxylic acids is 1. The fourth-order valence-electron chi connectivity index (χ4n) is 2.82. The van der Waals surface area contributed by atoms with Gasteiger partial charge in [0.1, 0.15) is 0 Å². The van der Waals surface area contributed by atoms with Crippen LogP contribution in [0, 0.1) is 0 Å². The lowest BCUT2D eigenvalue weighted by molar-refractivity contribution is -0.0230. The van der Waals surface area contributed by atoms with Crippen LogP contribution in [-0.4, -0.2) is 33.7 Å². The van der Waals surface area contributed by atoms with Crippen molar-refractivity contribution in [2.24, 2.45) is 5.73 Å². The summed E-state index contributed by atoms with van der Waals surface area (Å²) in [5.74, 6) is 0. The summed E-state index contributed by atoms with van der Waals surface area (Å²) in [7, 11) is 0. The number of fused-ring (bicyclic) bond motifs is 2. The molecule has 2 bridgehead atoms. The molecule has 0 aromatic rings. The zero-order valence-corrected chi connectivity index (χ0v) is 7.86. The Hall–Kier alpha value is -0.770. The molecule has 2 amide bonds. The highest BCUT2D eigenvalue weighted by Crippen LogP contribution is 2.40. The van der Waals surface area contributed by atoms with Crippen LogP contribution in [0.2, 0.25) is 0 Å². The van der Waals surface area contributed by atoms with Gasteiger partial charge in [0, 0.05) is 12.1 Å². The van der Waals surface area contributed by atoms with Crippen LogP contribution in [0.15, 0.2) is 0 Å². The maximum Gasteiger partial charge on any atom is 0.315 e. The molecule has 2 unspecified atom stereocenters. The number of amides is 2.